The fourth-order valence-electron chi connectivity index (χ4n) is 1.80. The van der Waals surface area contributed by atoms with E-state index < -0.39 is 5.82 Å². The summed E-state index contributed by atoms with van der Waals surface area (Å²) < 4.78 is 23.2. The Labute approximate surface area is 124 Å². The monoisotopic (exact) mass is 298 g/mol. The van der Waals surface area contributed by atoms with Crippen LogP contribution in [0.1, 0.15) is 12.0 Å². The quantitative estimate of drug-likeness (QED) is 0.636. The number of hydrogen-bond donors (Lipinski definition) is 2. The molecule has 0 saturated carbocycles. The summed E-state index contributed by atoms with van der Waals surface area (Å²) in [7, 11) is 3.07. The second-order valence-corrected chi connectivity index (χ2v) is 4.56. The number of amides is 1. The van der Waals surface area contributed by atoms with Gasteiger partial charge in [-0.25, -0.2) is 4.39 Å². The van der Waals surface area contributed by atoms with Gasteiger partial charge in [-0.05, 0) is 24.1 Å². The van der Waals surface area contributed by atoms with Crippen LogP contribution < -0.4 is 15.4 Å². The number of aryl methyl sites for hydroxylation is 1. The highest BCUT2D eigenvalue weighted by atomic mass is 19.1. The molecule has 6 heteroatoms. The van der Waals surface area contributed by atoms with E-state index in [4.69, 9.17) is 9.47 Å². The fraction of sp³-hybridized carbons (Fsp3) is 0.533. The van der Waals surface area contributed by atoms with Gasteiger partial charge in [0.1, 0.15) is 0 Å². The summed E-state index contributed by atoms with van der Waals surface area (Å²) in [5.74, 6) is -0.233. The van der Waals surface area contributed by atoms with E-state index in [9.17, 15) is 9.18 Å². The molecule has 0 aromatic heterocycles. The van der Waals surface area contributed by atoms with E-state index in [2.05, 4.69) is 10.6 Å². The number of rotatable bonds is 10. The standard InChI is InChI=1S/C15H23FN2O3/c1-20-10-9-17-7-8-18-15(19)6-4-12-3-5-14(21-2)13(16)11-12/h3,5,11,17H,4,6-10H2,1-2H3,(H,18,19). The highest BCUT2D eigenvalue weighted by Crippen LogP contribution is 2.18. The van der Waals surface area contributed by atoms with Crippen molar-refractivity contribution in [2.24, 2.45) is 0 Å². The van der Waals surface area contributed by atoms with Crippen LogP contribution in [0.4, 0.5) is 4.39 Å². The largest absolute Gasteiger partial charge is 0.494 e. The molecular formula is C15H23FN2O3. The Balaban J connectivity index is 2.19. The molecule has 0 radical (unpaired) electrons. The van der Waals surface area contributed by atoms with Gasteiger partial charge in [-0.2, -0.15) is 0 Å². The normalized spacial score (nSPS) is 10.4. The summed E-state index contributed by atoms with van der Waals surface area (Å²) in [4.78, 5) is 11.6. The van der Waals surface area contributed by atoms with Crippen molar-refractivity contribution in [3.63, 3.8) is 0 Å². The molecule has 1 rings (SSSR count). The molecule has 0 spiro atoms. The van der Waals surface area contributed by atoms with Crippen LogP contribution in [0.15, 0.2) is 18.2 Å². The highest BCUT2D eigenvalue weighted by Gasteiger charge is 2.06. The van der Waals surface area contributed by atoms with Crippen LogP contribution in [0.5, 0.6) is 5.75 Å². The summed E-state index contributed by atoms with van der Waals surface area (Å²) in [5, 5.41) is 5.94. The number of halogens is 1. The SMILES string of the molecule is COCCNCCNC(=O)CCc1ccc(OC)c(F)c1. The van der Waals surface area contributed by atoms with Gasteiger partial charge in [0.2, 0.25) is 5.91 Å². The van der Waals surface area contributed by atoms with E-state index in [-0.39, 0.29) is 11.7 Å². The molecule has 0 unspecified atom stereocenters. The van der Waals surface area contributed by atoms with E-state index >= 15 is 0 Å². The maximum absolute atomic E-state index is 13.5. The Morgan fingerprint density at radius 2 is 2.05 bits per heavy atom. The van der Waals surface area contributed by atoms with Gasteiger partial charge in [0.15, 0.2) is 11.6 Å². The summed E-state index contributed by atoms with van der Waals surface area (Å²) in [6.07, 6.45) is 0.841. The predicted molar refractivity (Wildman–Crippen MR) is 79.0 cm³/mol. The Hall–Kier alpha value is -1.66. The van der Waals surface area contributed by atoms with Gasteiger partial charge in [0, 0.05) is 33.2 Å². The van der Waals surface area contributed by atoms with Gasteiger partial charge < -0.3 is 20.1 Å². The van der Waals surface area contributed by atoms with Crippen LogP contribution in [0.2, 0.25) is 0 Å². The average molecular weight is 298 g/mol. The van der Waals surface area contributed by atoms with Crippen LogP contribution in [-0.2, 0) is 16.0 Å². The van der Waals surface area contributed by atoms with Gasteiger partial charge in [-0.1, -0.05) is 6.07 Å². The van der Waals surface area contributed by atoms with Gasteiger partial charge in [0.25, 0.3) is 0 Å². The molecule has 0 atom stereocenters. The molecule has 21 heavy (non-hydrogen) atoms. The molecule has 0 aliphatic heterocycles. The lowest BCUT2D eigenvalue weighted by atomic mass is 10.1. The number of ether oxygens (including phenoxy) is 2. The minimum absolute atomic E-state index is 0.0419. The average Bonchev–Trinajstić information content (AvgIpc) is 2.49. The summed E-state index contributed by atoms with van der Waals surface area (Å²) in [6, 6.07) is 4.74. The first kappa shape index (κ1) is 17.4. The molecule has 1 amide bonds. The highest BCUT2D eigenvalue weighted by molar-refractivity contribution is 5.76. The molecular weight excluding hydrogens is 275 g/mol. The molecule has 0 bridgehead atoms. The summed E-state index contributed by atoms with van der Waals surface area (Å²) in [6.45, 7) is 2.68. The van der Waals surface area contributed by atoms with E-state index in [0.29, 0.717) is 32.5 Å². The second-order valence-electron chi connectivity index (χ2n) is 4.56. The third kappa shape index (κ3) is 7.06. The van der Waals surface area contributed by atoms with Crippen molar-refractivity contribution in [1.29, 1.82) is 0 Å². The van der Waals surface area contributed by atoms with Crippen LogP contribution in [0, 0.1) is 5.82 Å². The first-order valence-corrected chi connectivity index (χ1v) is 6.96. The minimum Gasteiger partial charge on any atom is -0.494 e. The van der Waals surface area contributed by atoms with Gasteiger partial charge in [0.05, 0.1) is 13.7 Å². The molecule has 5 nitrogen and oxygen atoms in total. The lowest BCUT2D eigenvalue weighted by Crippen LogP contribution is -2.33. The zero-order valence-electron chi connectivity index (χ0n) is 12.6. The molecule has 0 aliphatic carbocycles. The van der Waals surface area contributed by atoms with Gasteiger partial charge >= 0.3 is 0 Å². The van der Waals surface area contributed by atoms with Gasteiger partial charge in [-0.3, -0.25) is 4.79 Å². The first-order valence-electron chi connectivity index (χ1n) is 6.96. The summed E-state index contributed by atoms with van der Waals surface area (Å²) in [5.41, 5.74) is 0.779. The van der Waals surface area contributed by atoms with E-state index in [1.54, 1.807) is 19.2 Å². The van der Waals surface area contributed by atoms with Crippen LogP contribution in [0.3, 0.4) is 0 Å². The van der Waals surface area contributed by atoms with Crippen molar-refractivity contribution < 1.29 is 18.7 Å². The topological polar surface area (TPSA) is 59.6 Å². The lowest BCUT2D eigenvalue weighted by Gasteiger charge is -2.07. The zero-order valence-corrected chi connectivity index (χ0v) is 12.6. The molecule has 0 heterocycles. The van der Waals surface area contributed by atoms with Gasteiger partial charge in [-0.15, -0.1) is 0 Å². The lowest BCUT2D eigenvalue weighted by molar-refractivity contribution is -0.121. The first-order chi connectivity index (χ1) is 10.2. The van der Waals surface area contributed by atoms with Crippen molar-refractivity contribution in [3.8, 4) is 5.75 Å². The Kier molecular flexibility index (Phi) is 8.38. The van der Waals surface area contributed by atoms with Crippen molar-refractivity contribution >= 4 is 5.91 Å². The van der Waals surface area contributed by atoms with E-state index in [1.807, 2.05) is 0 Å². The maximum atomic E-state index is 13.5. The molecule has 0 saturated heterocycles. The Morgan fingerprint density at radius 3 is 2.71 bits per heavy atom. The summed E-state index contributed by atoms with van der Waals surface area (Å²) >= 11 is 0. The molecule has 0 fully saturated rings. The van der Waals surface area contributed by atoms with E-state index in [0.717, 1.165) is 12.1 Å². The molecule has 1 aromatic carbocycles. The Bertz CT molecular complexity index is 441. The van der Waals surface area contributed by atoms with Crippen molar-refractivity contribution in [1.82, 2.24) is 10.6 Å². The van der Waals surface area contributed by atoms with Crippen LogP contribution >= 0.6 is 0 Å². The number of carbonyl (C=O) groups excluding carboxylic acids is 1. The Morgan fingerprint density at radius 1 is 1.24 bits per heavy atom. The number of methoxy groups -OCH3 is 2. The number of hydrogen-bond acceptors (Lipinski definition) is 4. The third-order valence-electron chi connectivity index (χ3n) is 2.96. The van der Waals surface area contributed by atoms with Crippen molar-refractivity contribution in [2.75, 3.05) is 40.5 Å². The van der Waals surface area contributed by atoms with E-state index in [1.165, 1.54) is 13.2 Å². The van der Waals surface area contributed by atoms with Crippen molar-refractivity contribution in [3.05, 3.63) is 29.6 Å². The maximum Gasteiger partial charge on any atom is 0.220 e. The minimum atomic E-state index is -0.405. The second kappa shape index (κ2) is 10.1. The molecule has 1 aromatic rings. The van der Waals surface area contributed by atoms with Crippen molar-refractivity contribution in [2.45, 2.75) is 12.8 Å². The molecule has 118 valence electrons. The number of nitrogens with one attached hydrogen (secondary N) is 2. The molecule has 0 aliphatic rings. The number of carbonyl (C=O) groups is 1. The smallest absolute Gasteiger partial charge is 0.220 e. The third-order valence-corrected chi connectivity index (χ3v) is 2.96. The zero-order chi connectivity index (χ0) is 15.5. The predicted octanol–water partition coefficient (Wildman–Crippen LogP) is 1.12. The molecule has 2 N–H and O–H groups in total. The number of benzene rings is 1. The van der Waals surface area contributed by atoms with Crippen LogP contribution in [0.25, 0.3) is 0 Å². The van der Waals surface area contributed by atoms with Crippen LogP contribution in [-0.4, -0.2) is 46.4 Å². The fourth-order valence-corrected chi connectivity index (χ4v) is 1.80.